The third-order valence-electron chi connectivity index (χ3n) is 0.502. The predicted octanol–water partition coefficient (Wildman–Crippen LogP) is -0.313. The Morgan fingerprint density at radius 3 is 1.56 bits per heavy atom. The number of aliphatic hydroxyl groups excluding tert-OH is 2. The molecule has 0 amide bonds. The van der Waals surface area contributed by atoms with E-state index in [1.807, 2.05) is 0 Å². The van der Waals surface area contributed by atoms with E-state index < -0.39 is 0 Å². The van der Waals surface area contributed by atoms with Gasteiger partial charge < -0.3 is 34.5 Å². The molecule has 1 radical (unpaired) electrons. The van der Waals surface area contributed by atoms with Crippen molar-refractivity contribution in [1.29, 1.82) is 0 Å². The Hall–Kier alpha value is 0.504. The van der Waals surface area contributed by atoms with Crippen LogP contribution < -0.4 is 0 Å². The van der Waals surface area contributed by atoms with Gasteiger partial charge in [-0.3, -0.25) is 0 Å². The molecule has 0 spiro atoms. The van der Waals surface area contributed by atoms with Crippen molar-refractivity contribution >= 4 is 0 Å². The first-order chi connectivity index (χ1) is 3.91. The van der Waals surface area contributed by atoms with E-state index in [1.54, 1.807) is 0 Å². The molecule has 49 valence electrons. The van der Waals surface area contributed by atoms with E-state index in [4.69, 9.17) is 10.2 Å². The van der Waals surface area contributed by atoms with Crippen LogP contribution in [0.25, 0.3) is 0 Å². The molecule has 9 heavy (non-hydrogen) atoms. The van der Waals surface area contributed by atoms with Crippen LogP contribution in [-0.4, -0.2) is 23.4 Å². The predicted molar refractivity (Wildman–Crippen MR) is 29.8 cm³/mol. The molecule has 0 aliphatic rings. The molecule has 0 unspecified atom stereocenters. The fourth-order valence-corrected chi connectivity index (χ4v) is 0.223. The molecular weight excluding hydrogens is 193 g/mol. The van der Waals surface area contributed by atoms with E-state index in [0.717, 1.165) is 0 Å². The largest absolute Gasteiger partial charge is 0.413 e. The number of hydrogen-bond acceptors (Lipinski definition) is 2. The van der Waals surface area contributed by atoms with Gasteiger partial charge in [-0.25, -0.2) is 0 Å². The molecule has 2 N–H and O–H groups in total. The van der Waals surface area contributed by atoms with Crippen LogP contribution in [0.2, 0.25) is 0 Å². The van der Waals surface area contributed by atoms with Gasteiger partial charge in [0.05, 0.1) is 0 Å². The zero-order valence-electron chi connectivity index (χ0n) is 5.04. The van der Waals surface area contributed by atoms with E-state index in [-0.39, 0.29) is 45.9 Å². The first kappa shape index (κ1) is 12.2. The van der Waals surface area contributed by atoms with Gasteiger partial charge in [0.1, 0.15) is 0 Å². The van der Waals surface area contributed by atoms with E-state index in [0.29, 0.717) is 0 Å². The summed E-state index contributed by atoms with van der Waals surface area (Å²) in [7, 11) is 0. The standard InChI is InChI=1S/C6H8O2.Y/c7-5-3-1-2-4-6-8;/h1-2,7-8H,5-6H2;/q-2;. The van der Waals surface area contributed by atoms with Gasteiger partial charge in [-0.2, -0.15) is 0 Å². The summed E-state index contributed by atoms with van der Waals surface area (Å²) < 4.78 is 0. The van der Waals surface area contributed by atoms with Crippen LogP contribution in [0, 0.1) is 12.2 Å². The van der Waals surface area contributed by atoms with Crippen LogP contribution in [0.5, 0.6) is 0 Å². The monoisotopic (exact) mass is 201 g/mol. The summed E-state index contributed by atoms with van der Waals surface area (Å²) in [6.07, 6.45) is 7.96. The van der Waals surface area contributed by atoms with Crippen molar-refractivity contribution in [2.24, 2.45) is 0 Å². The second-order valence-electron chi connectivity index (χ2n) is 1.06. The molecule has 0 saturated heterocycles. The quantitative estimate of drug-likeness (QED) is 0.485. The van der Waals surface area contributed by atoms with Crippen molar-refractivity contribution in [2.75, 3.05) is 13.2 Å². The fraction of sp³-hybridized carbons (Fsp3) is 0.333. The van der Waals surface area contributed by atoms with Crippen molar-refractivity contribution in [3.63, 3.8) is 0 Å². The summed E-state index contributed by atoms with van der Waals surface area (Å²) in [5.41, 5.74) is 0. The average Bonchev–Trinajstić information content (AvgIpc) is 1.81. The van der Waals surface area contributed by atoms with Gasteiger partial charge in [0, 0.05) is 32.7 Å². The smallest absolute Gasteiger partial charge is 0 e. The van der Waals surface area contributed by atoms with Crippen molar-refractivity contribution in [2.45, 2.75) is 0 Å². The molecule has 0 saturated carbocycles. The average molecular weight is 201 g/mol. The molecular formula is C6H8O2Y-2. The van der Waals surface area contributed by atoms with Gasteiger partial charge in [-0.1, -0.05) is 0 Å². The van der Waals surface area contributed by atoms with Gasteiger partial charge in [-0.15, -0.1) is 0 Å². The third-order valence-corrected chi connectivity index (χ3v) is 0.502. The molecule has 0 aromatic rings. The Bertz CT molecular complexity index is 77.1. The Balaban J connectivity index is 0. The number of aliphatic hydroxyl groups is 2. The first-order valence-electron chi connectivity index (χ1n) is 2.25. The van der Waals surface area contributed by atoms with E-state index in [1.165, 1.54) is 12.2 Å². The Labute approximate surface area is 80.2 Å². The molecule has 0 aromatic carbocycles. The first-order valence-corrected chi connectivity index (χ1v) is 2.25. The molecule has 0 aromatic heterocycles. The minimum Gasteiger partial charge on any atom is -0.413 e. The molecule has 0 fully saturated rings. The topological polar surface area (TPSA) is 40.5 Å². The van der Waals surface area contributed by atoms with Gasteiger partial charge in [0.15, 0.2) is 0 Å². The fourth-order valence-electron chi connectivity index (χ4n) is 0.223. The van der Waals surface area contributed by atoms with Crippen molar-refractivity contribution in [1.82, 2.24) is 0 Å². The van der Waals surface area contributed by atoms with E-state index >= 15 is 0 Å². The van der Waals surface area contributed by atoms with Gasteiger partial charge in [0.25, 0.3) is 0 Å². The molecule has 0 rings (SSSR count). The SMILES string of the molecule is OC[C-]=CC=[C-]CO.[Y]. The minimum atomic E-state index is -0.0936. The molecule has 0 heterocycles. The summed E-state index contributed by atoms with van der Waals surface area (Å²) >= 11 is 0. The van der Waals surface area contributed by atoms with Crippen LogP contribution in [0.3, 0.4) is 0 Å². The summed E-state index contributed by atoms with van der Waals surface area (Å²) in [5.74, 6) is 0. The Morgan fingerprint density at radius 1 is 1.00 bits per heavy atom. The van der Waals surface area contributed by atoms with Crippen LogP contribution in [-0.2, 0) is 32.7 Å². The second-order valence-corrected chi connectivity index (χ2v) is 1.06. The normalized spacial score (nSPS) is 10.4. The van der Waals surface area contributed by atoms with E-state index in [9.17, 15) is 0 Å². The molecule has 2 nitrogen and oxygen atoms in total. The van der Waals surface area contributed by atoms with Crippen molar-refractivity contribution in [3.8, 4) is 0 Å². The zero-order valence-corrected chi connectivity index (χ0v) is 7.88. The molecule has 0 bridgehead atoms. The zero-order chi connectivity index (χ0) is 6.24. The number of hydrogen-bond donors (Lipinski definition) is 2. The molecule has 0 aliphatic heterocycles. The van der Waals surface area contributed by atoms with Gasteiger partial charge in [0.2, 0.25) is 0 Å². The maximum Gasteiger partial charge on any atom is 0 e. The number of rotatable bonds is 3. The van der Waals surface area contributed by atoms with Crippen LogP contribution in [0.15, 0.2) is 12.2 Å². The maximum atomic E-state index is 8.11. The van der Waals surface area contributed by atoms with E-state index in [2.05, 4.69) is 12.2 Å². The summed E-state index contributed by atoms with van der Waals surface area (Å²) in [4.78, 5) is 0. The Kier molecular flexibility index (Phi) is 15.4. The van der Waals surface area contributed by atoms with Crippen molar-refractivity contribution in [3.05, 3.63) is 24.3 Å². The summed E-state index contributed by atoms with van der Waals surface area (Å²) in [6, 6.07) is 0. The molecule has 0 aliphatic carbocycles. The van der Waals surface area contributed by atoms with Crippen LogP contribution in [0.1, 0.15) is 0 Å². The third kappa shape index (κ3) is 11.9. The maximum absolute atomic E-state index is 8.11. The van der Waals surface area contributed by atoms with Gasteiger partial charge >= 0.3 is 0 Å². The van der Waals surface area contributed by atoms with Gasteiger partial charge in [-0.05, 0) is 13.2 Å². The minimum absolute atomic E-state index is 0. The van der Waals surface area contributed by atoms with Crippen molar-refractivity contribution < 1.29 is 42.9 Å². The van der Waals surface area contributed by atoms with Crippen LogP contribution >= 0.6 is 0 Å². The number of allylic oxidation sites excluding steroid dienone is 2. The van der Waals surface area contributed by atoms with Crippen LogP contribution in [0.4, 0.5) is 0 Å². The molecule has 0 atom stereocenters. The summed E-state index contributed by atoms with van der Waals surface area (Å²) in [5, 5.41) is 16.2. The molecule has 3 heteroatoms. The Morgan fingerprint density at radius 2 is 1.33 bits per heavy atom. The second kappa shape index (κ2) is 11.3. The summed E-state index contributed by atoms with van der Waals surface area (Å²) in [6.45, 7) is -0.187.